The topological polar surface area (TPSA) is 68.8 Å². The Labute approximate surface area is 128 Å². The normalized spacial score (nSPS) is 19.9. The summed E-state index contributed by atoms with van der Waals surface area (Å²) in [7, 11) is 1.39. The number of rotatable bonds is 4. The second-order valence-electron chi connectivity index (χ2n) is 4.28. The Morgan fingerprint density at radius 2 is 2.05 bits per heavy atom. The average molecular weight is 341 g/mol. The minimum atomic E-state index is -5.02. The quantitative estimate of drug-likeness (QED) is 0.825. The Hall–Kier alpha value is -1.87. The molecule has 6 nitrogen and oxygen atoms in total. The third-order valence-corrected chi connectivity index (χ3v) is 2.89. The summed E-state index contributed by atoms with van der Waals surface area (Å²) in [6, 6.07) is 2.60. The highest BCUT2D eigenvalue weighted by Crippen LogP contribution is 2.45. The van der Waals surface area contributed by atoms with Crippen molar-refractivity contribution in [1.29, 1.82) is 0 Å². The van der Waals surface area contributed by atoms with Gasteiger partial charge in [-0.1, -0.05) is 11.6 Å². The smallest absolute Gasteiger partial charge is 0.424 e. The summed E-state index contributed by atoms with van der Waals surface area (Å²) < 4.78 is 54.1. The van der Waals surface area contributed by atoms with Crippen LogP contribution in [0.5, 0.6) is 11.5 Å². The van der Waals surface area contributed by atoms with Crippen molar-refractivity contribution in [2.45, 2.75) is 12.1 Å². The standard InChI is InChI=1S/C12H12ClF3N2O4/c1-20-5-4-17-10(19)18-12(11(14,15)16)21-8-3-2-7(13)6-9(8)22-12/h2-3,6H,4-5H2,1H3,(H2,17,18,19)/t12-/m0/s1. The van der Waals surface area contributed by atoms with Crippen LogP contribution in [0, 0.1) is 0 Å². The number of ether oxygens (including phenoxy) is 3. The molecule has 0 fully saturated rings. The van der Waals surface area contributed by atoms with Gasteiger partial charge in [-0.15, -0.1) is 0 Å². The third kappa shape index (κ3) is 3.30. The zero-order valence-corrected chi connectivity index (χ0v) is 12.0. The van der Waals surface area contributed by atoms with E-state index in [4.69, 9.17) is 21.1 Å². The molecule has 1 heterocycles. The van der Waals surface area contributed by atoms with Gasteiger partial charge in [-0.2, -0.15) is 13.2 Å². The van der Waals surface area contributed by atoms with Gasteiger partial charge >= 0.3 is 18.1 Å². The number of fused-ring (bicyclic) bond motifs is 1. The first-order valence-electron chi connectivity index (χ1n) is 6.07. The van der Waals surface area contributed by atoms with Gasteiger partial charge in [0, 0.05) is 24.7 Å². The number of nitrogens with one attached hydrogen (secondary N) is 2. The SMILES string of the molecule is COCCNC(=O)N[C@@]1(C(F)(F)F)Oc2ccc(Cl)cc2O1. The van der Waals surface area contributed by atoms with E-state index in [1.807, 2.05) is 0 Å². The van der Waals surface area contributed by atoms with E-state index in [9.17, 15) is 18.0 Å². The molecule has 0 aromatic heterocycles. The van der Waals surface area contributed by atoms with Crippen LogP contribution in [0.1, 0.15) is 0 Å². The predicted molar refractivity (Wildman–Crippen MR) is 69.9 cm³/mol. The molecule has 2 amide bonds. The van der Waals surface area contributed by atoms with Gasteiger partial charge in [-0.3, -0.25) is 5.32 Å². The van der Waals surface area contributed by atoms with Crippen molar-refractivity contribution in [3.8, 4) is 11.5 Å². The Bertz CT molecular complexity index is 570. The van der Waals surface area contributed by atoms with E-state index in [-0.39, 0.29) is 29.7 Å². The van der Waals surface area contributed by atoms with Crippen LogP contribution in [0.2, 0.25) is 5.02 Å². The highest BCUT2D eigenvalue weighted by molar-refractivity contribution is 6.30. The molecule has 1 aliphatic rings. The van der Waals surface area contributed by atoms with E-state index >= 15 is 0 Å². The maximum absolute atomic E-state index is 13.3. The number of urea groups is 1. The molecular weight excluding hydrogens is 329 g/mol. The van der Waals surface area contributed by atoms with E-state index in [0.717, 1.165) is 6.07 Å². The first-order chi connectivity index (χ1) is 10.3. The summed E-state index contributed by atoms with van der Waals surface area (Å²) in [5.74, 6) is -3.71. The molecule has 1 aliphatic heterocycles. The maximum atomic E-state index is 13.3. The van der Waals surface area contributed by atoms with Crippen molar-refractivity contribution in [2.75, 3.05) is 20.3 Å². The number of hydrogen-bond donors (Lipinski definition) is 2. The molecule has 0 saturated carbocycles. The van der Waals surface area contributed by atoms with Crippen LogP contribution in [-0.4, -0.2) is 38.4 Å². The van der Waals surface area contributed by atoms with Crippen LogP contribution >= 0.6 is 11.6 Å². The van der Waals surface area contributed by atoms with Crippen LogP contribution in [0.4, 0.5) is 18.0 Å². The molecule has 0 saturated heterocycles. The van der Waals surface area contributed by atoms with Crippen LogP contribution in [0.25, 0.3) is 0 Å². The molecule has 22 heavy (non-hydrogen) atoms. The number of benzene rings is 1. The molecule has 0 bridgehead atoms. The first-order valence-corrected chi connectivity index (χ1v) is 6.44. The molecule has 122 valence electrons. The largest absolute Gasteiger partial charge is 0.492 e. The van der Waals surface area contributed by atoms with E-state index < -0.39 is 18.1 Å². The summed E-state index contributed by atoms with van der Waals surface area (Å²) in [4.78, 5) is 11.6. The van der Waals surface area contributed by atoms with Gasteiger partial charge in [0.05, 0.1) is 6.61 Å². The number of alkyl halides is 3. The highest BCUT2D eigenvalue weighted by Gasteiger charge is 2.65. The molecule has 10 heteroatoms. The first kappa shape index (κ1) is 16.5. The maximum Gasteiger partial charge on any atom is 0.492 e. The lowest BCUT2D eigenvalue weighted by atomic mass is 10.3. The summed E-state index contributed by atoms with van der Waals surface area (Å²) >= 11 is 5.69. The molecular formula is C12H12ClF3N2O4. The van der Waals surface area contributed by atoms with E-state index in [0.29, 0.717) is 0 Å². The highest BCUT2D eigenvalue weighted by atomic mass is 35.5. The molecule has 1 aromatic rings. The van der Waals surface area contributed by atoms with Crippen molar-refractivity contribution >= 4 is 17.6 Å². The Morgan fingerprint density at radius 3 is 2.68 bits per heavy atom. The second kappa shape index (κ2) is 6.09. The van der Waals surface area contributed by atoms with Crippen LogP contribution < -0.4 is 20.1 Å². The number of halogens is 4. The van der Waals surface area contributed by atoms with Crippen LogP contribution in [0.15, 0.2) is 18.2 Å². The third-order valence-electron chi connectivity index (χ3n) is 2.66. The lowest BCUT2D eigenvalue weighted by Gasteiger charge is -2.29. The average Bonchev–Trinajstić information content (AvgIpc) is 2.77. The van der Waals surface area contributed by atoms with Gasteiger partial charge in [0.1, 0.15) is 0 Å². The van der Waals surface area contributed by atoms with Gasteiger partial charge in [-0.25, -0.2) is 4.79 Å². The molecule has 0 unspecified atom stereocenters. The number of amides is 2. The molecule has 0 radical (unpaired) electrons. The summed E-state index contributed by atoms with van der Waals surface area (Å²) in [5, 5.41) is 4.00. The molecule has 1 atom stereocenters. The van der Waals surface area contributed by atoms with Crippen LogP contribution in [0.3, 0.4) is 0 Å². The number of methoxy groups -OCH3 is 1. The summed E-state index contributed by atoms with van der Waals surface area (Å²) in [6.45, 7) is 0.166. The summed E-state index contributed by atoms with van der Waals surface area (Å²) in [5.41, 5.74) is 0. The number of carbonyl (C=O) groups excluding carboxylic acids is 1. The predicted octanol–water partition coefficient (Wildman–Crippen LogP) is 2.27. The molecule has 2 N–H and O–H groups in total. The lowest BCUT2D eigenvalue weighted by molar-refractivity contribution is -0.317. The zero-order valence-electron chi connectivity index (χ0n) is 11.3. The molecule has 0 spiro atoms. The van der Waals surface area contributed by atoms with Crippen molar-refractivity contribution in [3.05, 3.63) is 23.2 Å². The fourth-order valence-corrected chi connectivity index (χ4v) is 1.84. The van der Waals surface area contributed by atoms with Crippen molar-refractivity contribution in [1.82, 2.24) is 10.6 Å². The minimum absolute atomic E-state index is 0.0229. The Kier molecular flexibility index (Phi) is 4.57. The molecule has 0 aliphatic carbocycles. The monoisotopic (exact) mass is 340 g/mol. The van der Waals surface area contributed by atoms with Gasteiger partial charge in [0.15, 0.2) is 11.5 Å². The zero-order chi connectivity index (χ0) is 16.4. The number of hydrogen-bond acceptors (Lipinski definition) is 4. The van der Waals surface area contributed by atoms with Crippen molar-refractivity contribution < 1.29 is 32.2 Å². The minimum Gasteiger partial charge on any atom is -0.424 e. The number of carbonyl (C=O) groups is 1. The van der Waals surface area contributed by atoms with Gasteiger partial charge < -0.3 is 19.5 Å². The fourth-order valence-electron chi connectivity index (χ4n) is 1.67. The summed E-state index contributed by atoms with van der Waals surface area (Å²) in [6.07, 6.45) is -5.02. The van der Waals surface area contributed by atoms with Crippen LogP contribution in [-0.2, 0) is 4.74 Å². The van der Waals surface area contributed by atoms with Crippen molar-refractivity contribution in [2.24, 2.45) is 0 Å². The lowest BCUT2D eigenvalue weighted by Crippen LogP contribution is -2.66. The van der Waals surface area contributed by atoms with E-state index in [1.165, 1.54) is 19.2 Å². The van der Waals surface area contributed by atoms with Gasteiger partial charge in [0.25, 0.3) is 0 Å². The van der Waals surface area contributed by atoms with E-state index in [2.05, 4.69) is 10.1 Å². The van der Waals surface area contributed by atoms with Crippen molar-refractivity contribution in [3.63, 3.8) is 0 Å². The second-order valence-corrected chi connectivity index (χ2v) is 4.72. The van der Waals surface area contributed by atoms with Gasteiger partial charge in [0.2, 0.25) is 0 Å². The Balaban J connectivity index is 2.17. The molecule has 2 rings (SSSR count). The van der Waals surface area contributed by atoms with E-state index in [1.54, 1.807) is 5.32 Å². The Morgan fingerprint density at radius 1 is 1.36 bits per heavy atom. The molecule has 1 aromatic carbocycles. The fraction of sp³-hybridized carbons (Fsp3) is 0.417. The van der Waals surface area contributed by atoms with Gasteiger partial charge in [-0.05, 0) is 12.1 Å².